The molecule has 0 N–H and O–H groups in total. The van der Waals surface area contributed by atoms with Gasteiger partial charge in [0.25, 0.3) is 0 Å². The van der Waals surface area contributed by atoms with Crippen LogP contribution in [0.15, 0.2) is 70.4 Å². The van der Waals surface area contributed by atoms with Gasteiger partial charge in [-0.2, -0.15) is 0 Å². The Kier molecular flexibility index (Phi) is 13.9. The van der Waals surface area contributed by atoms with Crippen LogP contribution in [0.3, 0.4) is 0 Å². The molecule has 1 aromatic heterocycles. The van der Waals surface area contributed by atoms with Crippen molar-refractivity contribution in [3.05, 3.63) is 71.6 Å². The number of fused-ring (bicyclic) bond motifs is 1. The normalized spacial score (nSPS) is 10.9. The number of ether oxygens (including phenoxy) is 3. The number of rotatable bonds is 20. The van der Waals surface area contributed by atoms with E-state index in [-0.39, 0.29) is 11.6 Å². The van der Waals surface area contributed by atoms with Gasteiger partial charge in [0.05, 0.1) is 25.4 Å². The van der Waals surface area contributed by atoms with Crippen molar-refractivity contribution in [3.63, 3.8) is 0 Å². The van der Waals surface area contributed by atoms with Gasteiger partial charge in [0.2, 0.25) is 0 Å². The first-order valence-electron chi connectivity index (χ1n) is 14.8. The lowest BCUT2D eigenvalue weighted by Gasteiger charge is -2.09. The number of esters is 1. The van der Waals surface area contributed by atoms with Crippen LogP contribution >= 0.6 is 0 Å². The molecule has 0 unspecified atom stereocenters. The average molecular weight is 549 g/mol. The van der Waals surface area contributed by atoms with E-state index in [0.717, 1.165) is 61.0 Å². The van der Waals surface area contributed by atoms with E-state index in [4.69, 9.17) is 18.6 Å². The predicted molar refractivity (Wildman–Crippen MR) is 161 cm³/mol. The highest BCUT2D eigenvalue weighted by Gasteiger charge is 2.09. The lowest BCUT2D eigenvalue weighted by molar-refractivity contribution is -0.137. The molecule has 6 heteroatoms. The van der Waals surface area contributed by atoms with E-state index in [9.17, 15) is 9.59 Å². The molecule has 2 aromatic carbocycles. The Morgan fingerprint density at radius 1 is 0.750 bits per heavy atom. The fraction of sp³-hybridized carbons (Fsp3) is 0.471. The fourth-order valence-corrected chi connectivity index (χ4v) is 4.49. The summed E-state index contributed by atoms with van der Waals surface area (Å²) in [6, 6.07) is 15.1. The molecule has 3 rings (SSSR count). The van der Waals surface area contributed by atoms with Crippen molar-refractivity contribution in [2.75, 3.05) is 19.8 Å². The topological polar surface area (TPSA) is 75.0 Å². The lowest BCUT2D eigenvalue weighted by atomic mass is 10.1. The van der Waals surface area contributed by atoms with E-state index in [1.807, 2.05) is 42.5 Å². The third kappa shape index (κ3) is 10.9. The SMILES string of the molecule is C=CC(=O)OCCCCCCCCCCCCOc1ccc2cc(-c3ccc(OCCCC)cc3)c(=O)oc2c1. The van der Waals surface area contributed by atoms with Crippen molar-refractivity contribution in [3.8, 4) is 22.6 Å². The van der Waals surface area contributed by atoms with E-state index in [2.05, 4.69) is 13.5 Å². The van der Waals surface area contributed by atoms with Crippen molar-refractivity contribution in [2.45, 2.75) is 84.0 Å². The highest BCUT2D eigenvalue weighted by Crippen LogP contribution is 2.26. The van der Waals surface area contributed by atoms with Gasteiger partial charge in [0.1, 0.15) is 17.1 Å². The summed E-state index contributed by atoms with van der Waals surface area (Å²) in [5, 5.41) is 0.862. The number of carbonyl (C=O) groups excluding carboxylic acids is 1. The molecule has 0 radical (unpaired) electrons. The van der Waals surface area contributed by atoms with Gasteiger partial charge in [-0.15, -0.1) is 0 Å². The van der Waals surface area contributed by atoms with Gasteiger partial charge in [-0.1, -0.05) is 83.4 Å². The summed E-state index contributed by atoms with van der Waals surface area (Å²) < 4.78 is 22.3. The summed E-state index contributed by atoms with van der Waals surface area (Å²) in [6.07, 6.45) is 14.9. The minimum Gasteiger partial charge on any atom is -0.494 e. The molecule has 40 heavy (non-hydrogen) atoms. The maximum absolute atomic E-state index is 12.7. The number of benzene rings is 2. The third-order valence-corrected chi connectivity index (χ3v) is 6.86. The minimum atomic E-state index is -0.363. The highest BCUT2D eigenvalue weighted by molar-refractivity contribution is 5.83. The number of carbonyl (C=O) groups is 1. The second kappa shape index (κ2) is 17.9. The van der Waals surface area contributed by atoms with Gasteiger partial charge in [-0.05, 0) is 55.2 Å². The zero-order valence-corrected chi connectivity index (χ0v) is 24.0. The van der Waals surface area contributed by atoms with Crippen LogP contribution in [0.1, 0.15) is 84.0 Å². The Balaban J connectivity index is 1.31. The standard InChI is InChI=1S/C34H44O6/c1-3-5-22-37-29-19-16-27(17-20-29)31-25-28-18-21-30(26-32(28)40-34(31)36)38-23-14-12-10-8-6-7-9-11-13-15-24-39-33(35)4-2/h4,16-21,25-26H,2-3,5-15,22-24H2,1H3. The first-order valence-corrected chi connectivity index (χ1v) is 14.8. The summed E-state index contributed by atoms with van der Waals surface area (Å²) in [6.45, 7) is 7.36. The van der Waals surface area contributed by atoms with Gasteiger partial charge in [0.15, 0.2) is 0 Å². The maximum atomic E-state index is 12.7. The molecule has 0 aliphatic heterocycles. The predicted octanol–water partition coefficient (Wildman–Crippen LogP) is 8.65. The number of hydrogen-bond donors (Lipinski definition) is 0. The largest absolute Gasteiger partial charge is 0.494 e. The first kappa shape index (κ1) is 31.0. The Hall–Kier alpha value is -3.54. The average Bonchev–Trinajstić information content (AvgIpc) is 2.97. The van der Waals surface area contributed by atoms with Gasteiger partial charge in [-0.25, -0.2) is 9.59 Å². The van der Waals surface area contributed by atoms with Gasteiger partial charge in [0, 0.05) is 17.5 Å². The second-order valence-electron chi connectivity index (χ2n) is 10.1. The number of unbranched alkanes of at least 4 members (excludes halogenated alkanes) is 10. The molecule has 0 atom stereocenters. The van der Waals surface area contributed by atoms with E-state index < -0.39 is 0 Å². The Morgan fingerprint density at radius 2 is 1.32 bits per heavy atom. The van der Waals surface area contributed by atoms with E-state index in [1.165, 1.54) is 44.6 Å². The Bertz CT molecular complexity index is 1230. The molecule has 0 amide bonds. The Labute approximate surface area is 238 Å². The molecule has 0 bridgehead atoms. The van der Waals surface area contributed by atoms with Crippen LogP contribution in [-0.2, 0) is 9.53 Å². The van der Waals surface area contributed by atoms with Crippen molar-refractivity contribution >= 4 is 16.9 Å². The molecule has 6 nitrogen and oxygen atoms in total. The molecule has 3 aromatic rings. The van der Waals surface area contributed by atoms with E-state index in [0.29, 0.717) is 31.0 Å². The molecule has 0 saturated heterocycles. The van der Waals surface area contributed by atoms with Crippen LogP contribution in [0.4, 0.5) is 0 Å². The Morgan fingerprint density at radius 3 is 1.98 bits per heavy atom. The summed E-state index contributed by atoms with van der Waals surface area (Å²) in [4.78, 5) is 23.7. The van der Waals surface area contributed by atoms with Gasteiger partial charge >= 0.3 is 11.6 Å². The first-order chi connectivity index (χ1) is 19.6. The fourth-order valence-electron chi connectivity index (χ4n) is 4.49. The van der Waals surface area contributed by atoms with Crippen LogP contribution in [0.2, 0.25) is 0 Å². The summed E-state index contributed by atoms with van der Waals surface area (Å²) >= 11 is 0. The zero-order chi connectivity index (χ0) is 28.4. The smallest absolute Gasteiger partial charge is 0.344 e. The molecule has 216 valence electrons. The van der Waals surface area contributed by atoms with E-state index in [1.54, 1.807) is 6.07 Å². The highest BCUT2D eigenvalue weighted by atomic mass is 16.5. The van der Waals surface area contributed by atoms with Crippen molar-refractivity contribution in [2.24, 2.45) is 0 Å². The molecule has 0 fully saturated rings. The van der Waals surface area contributed by atoms with Gasteiger partial charge < -0.3 is 18.6 Å². The van der Waals surface area contributed by atoms with Crippen LogP contribution in [0, 0.1) is 0 Å². The maximum Gasteiger partial charge on any atom is 0.344 e. The molecule has 0 aliphatic rings. The summed E-state index contributed by atoms with van der Waals surface area (Å²) in [7, 11) is 0. The lowest BCUT2D eigenvalue weighted by Crippen LogP contribution is -2.03. The third-order valence-electron chi connectivity index (χ3n) is 6.86. The molecule has 1 heterocycles. The zero-order valence-electron chi connectivity index (χ0n) is 24.0. The molecular weight excluding hydrogens is 504 g/mol. The van der Waals surface area contributed by atoms with Crippen molar-refractivity contribution in [1.29, 1.82) is 0 Å². The van der Waals surface area contributed by atoms with Crippen molar-refractivity contribution in [1.82, 2.24) is 0 Å². The number of hydrogen-bond acceptors (Lipinski definition) is 6. The molecule has 0 aliphatic carbocycles. The summed E-state index contributed by atoms with van der Waals surface area (Å²) in [5.74, 6) is 1.19. The minimum absolute atomic E-state index is 0.336. The van der Waals surface area contributed by atoms with E-state index >= 15 is 0 Å². The van der Waals surface area contributed by atoms with Crippen LogP contribution in [-0.4, -0.2) is 25.8 Å². The monoisotopic (exact) mass is 548 g/mol. The second-order valence-corrected chi connectivity index (χ2v) is 10.1. The quantitative estimate of drug-likeness (QED) is 0.0609. The molecule has 0 saturated carbocycles. The van der Waals surface area contributed by atoms with Crippen molar-refractivity contribution < 1.29 is 23.4 Å². The molecule has 0 spiro atoms. The van der Waals surface area contributed by atoms with Gasteiger partial charge in [-0.3, -0.25) is 0 Å². The summed E-state index contributed by atoms with van der Waals surface area (Å²) in [5.41, 5.74) is 1.51. The van der Waals surface area contributed by atoms with Crippen LogP contribution < -0.4 is 15.1 Å². The van der Waals surface area contributed by atoms with Crippen LogP contribution in [0.25, 0.3) is 22.1 Å². The molecular formula is C34H44O6. The van der Waals surface area contributed by atoms with Crippen LogP contribution in [0.5, 0.6) is 11.5 Å².